The molecule has 0 radical (unpaired) electrons. The van der Waals surface area contributed by atoms with Crippen molar-refractivity contribution in [3.8, 4) is 0 Å². The topological polar surface area (TPSA) is 20.3 Å². The minimum atomic E-state index is 0.320. The van der Waals surface area contributed by atoms with Crippen LogP contribution in [0.15, 0.2) is 24.3 Å². The van der Waals surface area contributed by atoms with Crippen molar-refractivity contribution in [3.63, 3.8) is 0 Å². The summed E-state index contributed by atoms with van der Waals surface area (Å²) in [7, 11) is 0. The maximum absolute atomic E-state index is 11.9. The fourth-order valence-electron chi connectivity index (χ4n) is 2.26. The van der Waals surface area contributed by atoms with E-state index in [0.717, 1.165) is 19.5 Å². The van der Waals surface area contributed by atoms with Gasteiger partial charge in [0.2, 0.25) is 5.91 Å². The van der Waals surface area contributed by atoms with Crippen LogP contribution in [-0.4, -0.2) is 23.9 Å². The monoisotopic (exact) mass is 247 g/mol. The molecule has 18 heavy (non-hydrogen) atoms. The molecule has 2 nitrogen and oxygen atoms in total. The molecular weight excluding hydrogens is 222 g/mol. The lowest BCUT2D eigenvalue weighted by molar-refractivity contribution is -0.130. The Balaban J connectivity index is 0.000000771. The summed E-state index contributed by atoms with van der Waals surface area (Å²) < 4.78 is 0. The van der Waals surface area contributed by atoms with Crippen LogP contribution in [0, 0.1) is 6.92 Å². The summed E-state index contributed by atoms with van der Waals surface area (Å²) in [5, 5.41) is 0. The van der Waals surface area contributed by atoms with Crippen molar-refractivity contribution < 1.29 is 4.79 Å². The van der Waals surface area contributed by atoms with E-state index in [1.807, 2.05) is 30.9 Å². The summed E-state index contributed by atoms with van der Waals surface area (Å²) in [5.74, 6) is 0.320. The largest absolute Gasteiger partial charge is 0.343 e. The van der Waals surface area contributed by atoms with Crippen LogP contribution < -0.4 is 0 Å². The van der Waals surface area contributed by atoms with Crippen molar-refractivity contribution in [2.75, 3.05) is 13.1 Å². The Morgan fingerprint density at radius 1 is 1.17 bits per heavy atom. The van der Waals surface area contributed by atoms with Crippen LogP contribution in [0.5, 0.6) is 0 Å². The second kappa shape index (κ2) is 7.91. The van der Waals surface area contributed by atoms with Crippen molar-refractivity contribution in [1.29, 1.82) is 0 Å². The number of carbonyl (C=O) groups excluding carboxylic acids is 1. The van der Waals surface area contributed by atoms with E-state index in [1.54, 1.807) is 0 Å². The van der Waals surface area contributed by atoms with Crippen LogP contribution in [0.3, 0.4) is 0 Å². The number of hydrogen-bond acceptors (Lipinski definition) is 1. The van der Waals surface area contributed by atoms with Gasteiger partial charge in [-0.2, -0.15) is 0 Å². The number of carbonyl (C=O) groups is 1. The van der Waals surface area contributed by atoms with Crippen molar-refractivity contribution in [3.05, 3.63) is 35.4 Å². The van der Waals surface area contributed by atoms with Gasteiger partial charge in [0.05, 0.1) is 0 Å². The van der Waals surface area contributed by atoms with Gasteiger partial charge in [-0.15, -0.1) is 0 Å². The normalized spacial score (nSPS) is 14.1. The first kappa shape index (κ1) is 14.7. The first-order valence-corrected chi connectivity index (χ1v) is 7.09. The van der Waals surface area contributed by atoms with Crippen LogP contribution in [0.4, 0.5) is 0 Å². The van der Waals surface area contributed by atoms with E-state index in [1.165, 1.54) is 24.0 Å². The Hall–Kier alpha value is -1.31. The maximum atomic E-state index is 11.9. The quantitative estimate of drug-likeness (QED) is 0.799. The zero-order valence-electron chi connectivity index (χ0n) is 11.9. The number of rotatable bonds is 3. The molecule has 0 N–H and O–H groups in total. The number of nitrogens with zero attached hydrogens (tertiary/aromatic N) is 1. The molecule has 1 aromatic carbocycles. The Kier molecular flexibility index (Phi) is 6.48. The molecule has 0 spiro atoms. The molecular formula is C16H25NO. The van der Waals surface area contributed by atoms with E-state index in [0.29, 0.717) is 12.3 Å². The van der Waals surface area contributed by atoms with Crippen LogP contribution in [0.2, 0.25) is 0 Å². The molecule has 2 heteroatoms. The van der Waals surface area contributed by atoms with Gasteiger partial charge in [-0.1, -0.05) is 38.1 Å². The molecule has 2 rings (SSSR count). The van der Waals surface area contributed by atoms with E-state index >= 15 is 0 Å². The van der Waals surface area contributed by atoms with Crippen molar-refractivity contribution in [2.45, 2.75) is 46.5 Å². The molecule has 100 valence electrons. The molecule has 0 saturated carbocycles. The van der Waals surface area contributed by atoms with Gasteiger partial charge in [0.25, 0.3) is 0 Å². The smallest absolute Gasteiger partial charge is 0.222 e. The SMILES string of the molecule is CC.Cc1ccccc1CCC(=O)N1CCCC1. The summed E-state index contributed by atoms with van der Waals surface area (Å²) in [6.45, 7) is 8.04. The van der Waals surface area contributed by atoms with Crippen LogP contribution >= 0.6 is 0 Å². The highest BCUT2D eigenvalue weighted by Crippen LogP contribution is 2.13. The second-order valence-electron chi connectivity index (χ2n) is 4.51. The van der Waals surface area contributed by atoms with E-state index in [2.05, 4.69) is 19.1 Å². The molecule has 1 aliphatic rings. The zero-order chi connectivity index (χ0) is 13.4. The average Bonchev–Trinajstić information content (AvgIpc) is 2.94. The van der Waals surface area contributed by atoms with Gasteiger partial charge in [0.15, 0.2) is 0 Å². The standard InChI is InChI=1S/C14H19NO.C2H6/c1-12-6-2-3-7-13(12)8-9-14(16)15-10-4-5-11-15;1-2/h2-3,6-7H,4-5,8-11H2,1H3;1-2H3. The third-order valence-corrected chi connectivity index (χ3v) is 3.33. The van der Waals surface area contributed by atoms with Gasteiger partial charge in [0.1, 0.15) is 0 Å². The summed E-state index contributed by atoms with van der Waals surface area (Å²) in [5.41, 5.74) is 2.59. The summed E-state index contributed by atoms with van der Waals surface area (Å²) in [6, 6.07) is 8.31. The number of benzene rings is 1. The highest BCUT2D eigenvalue weighted by molar-refractivity contribution is 5.76. The number of amides is 1. The third kappa shape index (κ3) is 4.17. The first-order chi connectivity index (χ1) is 8.77. The highest BCUT2D eigenvalue weighted by atomic mass is 16.2. The Labute approximate surface area is 111 Å². The fourth-order valence-corrected chi connectivity index (χ4v) is 2.26. The van der Waals surface area contributed by atoms with Gasteiger partial charge in [-0.3, -0.25) is 4.79 Å². The summed E-state index contributed by atoms with van der Waals surface area (Å²) in [6.07, 6.45) is 3.89. The van der Waals surface area contributed by atoms with Crippen LogP contribution in [0.1, 0.15) is 44.2 Å². The van der Waals surface area contributed by atoms with E-state index < -0.39 is 0 Å². The molecule has 1 saturated heterocycles. The molecule has 0 unspecified atom stereocenters. The van der Waals surface area contributed by atoms with Crippen molar-refractivity contribution >= 4 is 5.91 Å². The second-order valence-corrected chi connectivity index (χ2v) is 4.51. The highest BCUT2D eigenvalue weighted by Gasteiger charge is 2.17. The predicted molar refractivity (Wildman–Crippen MR) is 76.7 cm³/mol. The molecule has 0 aromatic heterocycles. The lowest BCUT2D eigenvalue weighted by Gasteiger charge is -2.15. The third-order valence-electron chi connectivity index (χ3n) is 3.33. The van der Waals surface area contributed by atoms with Gasteiger partial charge >= 0.3 is 0 Å². The Morgan fingerprint density at radius 3 is 2.39 bits per heavy atom. The van der Waals surface area contributed by atoms with Crippen molar-refractivity contribution in [2.24, 2.45) is 0 Å². The molecule has 1 aliphatic heterocycles. The zero-order valence-corrected chi connectivity index (χ0v) is 11.9. The Morgan fingerprint density at radius 2 is 1.78 bits per heavy atom. The van der Waals surface area contributed by atoms with Crippen molar-refractivity contribution in [1.82, 2.24) is 4.90 Å². The van der Waals surface area contributed by atoms with Gasteiger partial charge in [0, 0.05) is 19.5 Å². The minimum Gasteiger partial charge on any atom is -0.343 e. The van der Waals surface area contributed by atoms with E-state index in [-0.39, 0.29) is 0 Å². The molecule has 1 aromatic rings. The molecule has 0 aliphatic carbocycles. The molecule has 0 atom stereocenters. The first-order valence-electron chi connectivity index (χ1n) is 7.09. The van der Waals surface area contributed by atoms with Gasteiger partial charge < -0.3 is 4.90 Å². The molecule has 1 fully saturated rings. The van der Waals surface area contributed by atoms with E-state index in [4.69, 9.17) is 0 Å². The molecule has 1 amide bonds. The fraction of sp³-hybridized carbons (Fsp3) is 0.562. The maximum Gasteiger partial charge on any atom is 0.222 e. The predicted octanol–water partition coefficient (Wildman–Crippen LogP) is 3.58. The number of likely N-dealkylation sites (tertiary alicyclic amines) is 1. The van der Waals surface area contributed by atoms with Crippen LogP contribution in [-0.2, 0) is 11.2 Å². The minimum absolute atomic E-state index is 0.320. The lowest BCUT2D eigenvalue weighted by Crippen LogP contribution is -2.27. The average molecular weight is 247 g/mol. The van der Waals surface area contributed by atoms with Gasteiger partial charge in [-0.25, -0.2) is 0 Å². The number of hydrogen-bond donors (Lipinski definition) is 0. The summed E-state index contributed by atoms with van der Waals surface area (Å²) in [4.78, 5) is 13.9. The number of aryl methyl sites for hydroxylation is 2. The van der Waals surface area contributed by atoms with E-state index in [9.17, 15) is 4.79 Å². The summed E-state index contributed by atoms with van der Waals surface area (Å²) >= 11 is 0. The molecule has 0 bridgehead atoms. The Bertz CT molecular complexity index is 367. The van der Waals surface area contributed by atoms with Crippen LogP contribution in [0.25, 0.3) is 0 Å². The van der Waals surface area contributed by atoms with Gasteiger partial charge in [-0.05, 0) is 37.3 Å². The molecule has 1 heterocycles. The lowest BCUT2D eigenvalue weighted by atomic mass is 10.0.